The molecule has 2 aromatic heterocycles. The van der Waals surface area contributed by atoms with E-state index in [1.165, 1.54) is 30.7 Å². The summed E-state index contributed by atoms with van der Waals surface area (Å²) in [6, 6.07) is 11.1. The van der Waals surface area contributed by atoms with Crippen molar-refractivity contribution in [1.82, 2.24) is 20.4 Å². The largest absolute Gasteiger partial charge is 0.394 e. The number of nitrogens with one attached hydrogen (secondary N) is 3. The van der Waals surface area contributed by atoms with E-state index in [0.717, 1.165) is 5.56 Å². The number of hydrogen-bond donors (Lipinski definition) is 4. The fraction of sp³-hybridized carbons (Fsp3) is 0.130. The van der Waals surface area contributed by atoms with E-state index in [1.807, 2.05) is 30.3 Å². The van der Waals surface area contributed by atoms with Gasteiger partial charge in [0.05, 0.1) is 35.0 Å². The van der Waals surface area contributed by atoms with Crippen LogP contribution in [0.2, 0.25) is 0 Å². The lowest BCUT2D eigenvalue weighted by Crippen LogP contribution is -2.29. The molecule has 1 atom stereocenters. The van der Waals surface area contributed by atoms with Crippen molar-refractivity contribution in [3.8, 4) is 11.5 Å². The number of aromatic nitrogens is 3. The number of alkyl halides is 2. The van der Waals surface area contributed by atoms with Gasteiger partial charge in [-0.2, -0.15) is 13.8 Å². The molecule has 1 aliphatic rings. The summed E-state index contributed by atoms with van der Waals surface area (Å²) in [7, 11) is 0. The van der Waals surface area contributed by atoms with Gasteiger partial charge in [0, 0.05) is 18.0 Å². The van der Waals surface area contributed by atoms with Gasteiger partial charge in [-0.1, -0.05) is 35.5 Å². The first kappa shape index (κ1) is 21.5. The molecular weight excluding hydrogens is 446 g/mol. The van der Waals surface area contributed by atoms with Crippen LogP contribution in [-0.4, -0.2) is 32.7 Å². The third-order valence-corrected chi connectivity index (χ3v) is 5.36. The van der Waals surface area contributed by atoms with Crippen LogP contribution in [0.15, 0.2) is 71.6 Å². The zero-order valence-corrected chi connectivity index (χ0v) is 17.5. The highest BCUT2D eigenvalue weighted by Crippen LogP contribution is 2.37. The average molecular weight is 464 g/mol. The molecule has 1 amide bonds. The van der Waals surface area contributed by atoms with Crippen LogP contribution in [0.5, 0.6) is 0 Å². The highest BCUT2D eigenvalue weighted by Gasteiger charge is 2.44. The molecular formula is C23H18F2N6O3. The Balaban J connectivity index is 1.48. The molecule has 0 radical (unpaired) electrons. The first-order valence-corrected chi connectivity index (χ1v) is 10.3. The van der Waals surface area contributed by atoms with Gasteiger partial charge < -0.3 is 20.3 Å². The number of carbonyl (C=O) groups excluding carboxylic acids is 1. The summed E-state index contributed by atoms with van der Waals surface area (Å²) in [5.41, 5.74) is 1.70. The molecule has 34 heavy (non-hydrogen) atoms. The fourth-order valence-electron chi connectivity index (χ4n) is 3.72. The van der Waals surface area contributed by atoms with Gasteiger partial charge in [-0.3, -0.25) is 10.1 Å². The molecule has 0 spiro atoms. The molecule has 0 bridgehead atoms. The Labute approximate surface area is 191 Å². The van der Waals surface area contributed by atoms with Gasteiger partial charge in [-0.25, -0.2) is 4.98 Å². The SMILES string of the molecule is O=C1NC(F)(F)c2cc(Nc3cc(N[C@H](CO)c4ccccc4)c(-c4ncno4)cn3)ccc21. The van der Waals surface area contributed by atoms with Gasteiger partial charge in [-0.15, -0.1) is 0 Å². The summed E-state index contributed by atoms with van der Waals surface area (Å²) in [4.78, 5) is 20.1. The molecule has 2 aromatic carbocycles. The van der Waals surface area contributed by atoms with E-state index < -0.39 is 23.6 Å². The van der Waals surface area contributed by atoms with Crippen molar-refractivity contribution in [3.05, 3.63) is 83.8 Å². The number of aliphatic hydroxyl groups excluding tert-OH is 1. The summed E-state index contributed by atoms with van der Waals surface area (Å²) >= 11 is 0. The molecule has 5 rings (SSSR count). The Bertz CT molecular complexity index is 1330. The molecule has 0 saturated carbocycles. The summed E-state index contributed by atoms with van der Waals surface area (Å²) in [5.74, 6) is -0.278. The molecule has 4 aromatic rings. The summed E-state index contributed by atoms with van der Waals surface area (Å²) in [6.45, 7) is -0.195. The maximum absolute atomic E-state index is 14.1. The third kappa shape index (κ3) is 4.04. The highest BCUT2D eigenvalue weighted by molar-refractivity contribution is 6.00. The van der Waals surface area contributed by atoms with E-state index in [1.54, 1.807) is 11.4 Å². The molecule has 9 nitrogen and oxygen atoms in total. The van der Waals surface area contributed by atoms with E-state index in [4.69, 9.17) is 4.52 Å². The van der Waals surface area contributed by atoms with Crippen LogP contribution in [-0.2, 0) is 6.05 Å². The number of benzene rings is 2. The quantitative estimate of drug-likeness (QED) is 0.304. The zero-order valence-electron chi connectivity index (χ0n) is 17.5. The Hall–Kier alpha value is -4.38. The minimum atomic E-state index is -3.45. The van der Waals surface area contributed by atoms with Crippen LogP contribution in [0, 0.1) is 0 Å². The molecule has 0 fully saturated rings. The van der Waals surface area contributed by atoms with Gasteiger partial charge in [0.2, 0.25) is 0 Å². The number of nitrogens with zero attached hydrogens (tertiary/aromatic N) is 3. The van der Waals surface area contributed by atoms with Gasteiger partial charge in [0.1, 0.15) is 5.82 Å². The van der Waals surface area contributed by atoms with Crippen LogP contribution >= 0.6 is 0 Å². The Kier molecular flexibility index (Phi) is 5.38. The lowest BCUT2D eigenvalue weighted by Gasteiger charge is -2.20. The normalized spacial score (nSPS) is 14.9. The number of rotatable bonds is 7. The van der Waals surface area contributed by atoms with E-state index in [-0.39, 0.29) is 18.1 Å². The van der Waals surface area contributed by atoms with Gasteiger partial charge in [0.15, 0.2) is 6.33 Å². The maximum atomic E-state index is 14.1. The summed E-state index contributed by atoms with van der Waals surface area (Å²) in [6.07, 6.45) is 2.75. The molecule has 0 saturated heterocycles. The first-order chi connectivity index (χ1) is 16.4. The highest BCUT2D eigenvalue weighted by atomic mass is 19.3. The van der Waals surface area contributed by atoms with Crippen LogP contribution in [0.3, 0.4) is 0 Å². The predicted molar refractivity (Wildman–Crippen MR) is 119 cm³/mol. The van der Waals surface area contributed by atoms with Crippen molar-refractivity contribution in [3.63, 3.8) is 0 Å². The van der Waals surface area contributed by atoms with Gasteiger partial charge >= 0.3 is 6.05 Å². The Morgan fingerprint density at radius 3 is 2.65 bits per heavy atom. The second kappa shape index (κ2) is 8.52. The molecule has 0 aliphatic carbocycles. The van der Waals surface area contributed by atoms with Crippen LogP contribution in [0.1, 0.15) is 27.5 Å². The molecule has 3 heterocycles. The van der Waals surface area contributed by atoms with Crippen molar-refractivity contribution < 1.29 is 23.2 Å². The second-order valence-corrected chi connectivity index (χ2v) is 7.57. The molecule has 172 valence electrons. The number of aliphatic hydroxyl groups is 1. The van der Waals surface area contributed by atoms with Crippen molar-refractivity contribution >= 4 is 23.1 Å². The average Bonchev–Trinajstić information content (AvgIpc) is 3.44. The topological polar surface area (TPSA) is 125 Å². The zero-order chi connectivity index (χ0) is 23.7. The Morgan fingerprint density at radius 2 is 1.91 bits per heavy atom. The predicted octanol–water partition coefficient (Wildman–Crippen LogP) is 3.81. The standard InChI is InChI=1S/C23H18F2N6O3/c24-23(25)17-8-14(6-7-15(17)21(33)31-23)29-20-9-18(16(10-26-20)22-27-12-28-34-22)30-19(11-32)13-4-2-1-3-5-13/h1-10,12,19,32H,11H2,(H,31,33)(H2,26,29,30)/t19-/m1/s1. The lowest BCUT2D eigenvalue weighted by molar-refractivity contribution is -0.0241. The summed E-state index contributed by atoms with van der Waals surface area (Å²) in [5, 5.41) is 21.5. The number of carbonyl (C=O) groups is 1. The van der Waals surface area contributed by atoms with Crippen molar-refractivity contribution in [2.24, 2.45) is 0 Å². The van der Waals surface area contributed by atoms with Gasteiger partial charge in [-0.05, 0) is 23.8 Å². The number of pyridine rings is 1. The third-order valence-electron chi connectivity index (χ3n) is 5.36. The van der Waals surface area contributed by atoms with Crippen molar-refractivity contribution in [2.45, 2.75) is 12.1 Å². The number of halogens is 2. The number of hydrogen-bond acceptors (Lipinski definition) is 8. The maximum Gasteiger partial charge on any atom is 0.353 e. The minimum Gasteiger partial charge on any atom is -0.394 e. The number of anilines is 3. The molecule has 0 unspecified atom stereocenters. The monoisotopic (exact) mass is 464 g/mol. The molecule has 4 N–H and O–H groups in total. The van der Waals surface area contributed by atoms with Crippen LogP contribution in [0.4, 0.5) is 26.0 Å². The summed E-state index contributed by atoms with van der Waals surface area (Å²) < 4.78 is 33.4. The van der Waals surface area contributed by atoms with Crippen molar-refractivity contribution in [2.75, 3.05) is 17.2 Å². The fourth-order valence-corrected chi connectivity index (χ4v) is 3.72. The molecule has 1 aliphatic heterocycles. The van der Waals surface area contributed by atoms with Crippen molar-refractivity contribution in [1.29, 1.82) is 0 Å². The lowest BCUT2D eigenvalue weighted by atomic mass is 10.1. The van der Waals surface area contributed by atoms with Crippen LogP contribution in [0.25, 0.3) is 11.5 Å². The smallest absolute Gasteiger partial charge is 0.353 e. The van der Waals surface area contributed by atoms with E-state index in [0.29, 0.717) is 22.8 Å². The van der Waals surface area contributed by atoms with Crippen LogP contribution < -0.4 is 16.0 Å². The Morgan fingerprint density at radius 1 is 1.09 bits per heavy atom. The second-order valence-electron chi connectivity index (χ2n) is 7.57. The molecule has 11 heteroatoms. The first-order valence-electron chi connectivity index (χ1n) is 10.3. The van der Waals surface area contributed by atoms with E-state index in [2.05, 4.69) is 25.8 Å². The van der Waals surface area contributed by atoms with Gasteiger partial charge in [0.25, 0.3) is 11.8 Å². The van der Waals surface area contributed by atoms with E-state index in [9.17, 15) is 18.7 Å². The number of fused-ring (bicyclic) bond motifs is 1. The van der Waals surface area contributed by atoms with E-state index >= 15 is 0 Å². The minimum absolute atomic E-state index is 0.0775. The number of amides is 1.